The van der Waals surface area contributed by atoms with Crippen molar-refractivity contribution in [3.8, 4) is 5.75 Å². The van der Waals surface area contributed by atoms with Crippen LogP contribution in [0.25, 0.3) is 10.9 Å². The maximum atomic E-state index is 14.7. The van der Waals surface area contributed by atoms with Gasteiger partial charge >= 0.3 is 0 Å². The van der Waals surface area contributed by atoms with Gasteiger partial charge in [0.2, 0.25) is 53.2 Å². The van der Waals surface area contributed by atoms with Gasteiger partial charge in [-0.15, -0.1) is 0 Å². The monoisotopic (exact) mass is 1230 g/mol. The number of aliphatic hydroxyl groups is 1. The van der Waals surface area contributed by atoms with Crippen LogP contribution in [0.1, 0.15) is 96.4 Å². The van der Waals surface area contributed by atoms with E-state index in [1.807, 2.05) is 0 Å². The van der Waals surface area contributed by atoms with Gasteiger partial charge in [0.1, 0.15) is 60.1 Å². The molecule has 4 heterocycles. The van der Waals surface area contributed by atoms with E-state index in [0.717, 1.165) is 0 Å². The number of phenolic OH excluding ortho intramolecular Hbond substituents is 1. The van der Waals surface area contributed by atoms with E-state index in [1.54, 1.807) is 65.1 Å². The molecule has 2 fully saturated rings. The summed E-state index contributed by atoms with van der Waals surface area (Å²) in [4.78, 5) is 155. The molecular weight excluding hydrogens is 1140 g/mol. The topological polar surface area (TPSA) is 467 Å². The zero-order chi connectivity index (χ0) is 64.2. The average molecular weight is 1230 g/mol. The highest BCUT2D eigenvalue weighted by Gasteiger charge is 2.40. The molecule has 478 valence electrons. The summed E-state index contributed by atoms with van der Waals surface area (Å²) in [5.41, 5.74) is 14.4. The number of amides is 10. The summed E-state index contributed by atoms with van der Waals surface area (Å²) in [5.74, 6) is -2.71. The first-order valence-electron chi connectivity index (χ1n) is 29.2. The van der Waals surface area contributed by atoms with Crippen LogP contribution in [0.4, 0.5) is 0 Å². The molecule has 4 aromatic rings. The molecule has 0 radical (unpaired) electrons. The number of nitrogens with zero attached hydrogens (tertiary/aromatic N) is 3. The third kappa shape index (κ3) is 20.2. The Morgan fingerprint density at radius 2 is 1.35 bits per heavy atom. The smallest absolute Gasteiger partial charge is 0.256 e. The van der Waals surface area contributed by atoms with E-state index in [4.69, 9.17) is 22.0 Å². The summed E-state index contributed by atoms with van der Waals surface area (Å²) in [6, 6.07) is 0.760. The number of H-pyrrole nitrogens is 2. The van der Waals surface area contributed by atoms with Gasteiger partial charge in [0.25, 0.3) is 5.91 Å². The molecule has 9 atom stereocenters. The highest BCUT2D eigenvalue weighted by atomic mass is 16.5. The van der Waals surface area contributed by atoms with Crippen LogP contribution in [0.3, 0.4) is 0 Å². The number of nitrogens with two attached hydrogens (primary N) is 3. The van der Waals surface area contributed by atoms with E-state index in [2.05, 4.69) is 67.9 Å². The number of aliphatic hydroxyl groups excluding tert-OH is 1. The van der Waals surface area contributed by atoms with Crippen LogP contribution < -0.4 is 65.3 Å². The molecule has 19 N–H and O–H groups in total. The number of fused-ring (bicyclic) bond motifs is 1. The average Bonchev–Trinajstić information content (AvgIpc) is 4.38. The molecule has 2 aromatic carbocycles. The minimum atomic E-state index is -1.79. The van der Waals surface area contributed by atoms with E-state index in [-0.39, 0.29) is 88.0 Å². The Kier molecular flexibility index (Phi) is 24.7. The number of hydrogen-bond donors (Lipinski definition) is 16. The quantitative estimate of drug-likeness (QED) is 0.00604. The SMILES string of the molecule is CC(C)C[C@H](NC(=O)[C@@H](COC(C)(C)C)NC(=O)[C@H](Cc1ccc(O)cc1)NC(=O)[C@H](CO)NC(=O)[C@H](Cc1c[nH]c2ccccc12)NC(=O)[C@H](Cc1cnc[nH]1)NC(=O)[C@H]1CCC(=O)N1)C(=O)N[C@@H](CCCN=C(N)N)C(=O)N1CCC[C@H]1C(=O)NN. The van der Waals surface area contributed by atoms with Crippen LogP contribution in [-0.2, 0) is 71.9 Å². The number of aromatic hydroxyl groups is 1. The Hall–Kier alpha value is -9.16. The zero-order valence-corrected chi connectivity index (χ0v) is 50.0. The lowest BCUT2D eigenvalue weighted by Crippen LogP contribution is -2.62. The molecule has 2 aliphatic rings. The minimum absolute atomic E-state index is 0.0328. The van der Waals surface area contributed by atoms with Crippen LogP contribution >= 0.6 is 0 Å². The normalized spacial score (nSPS) is 17.2. The maximum absolute atomic E-state index is 14.7. The van der Waals surface area contributed by atoms with Crippen LogP contribution in [0.15, 0.2) is 72.2 Å². The standard InChI is InChI=1S/C58H83N17O13/c1-31(2)22-40(49(80)67-39(12-8-20-63-57(59)60)56(87)75-21-9-13-46(75)55(86)74-61)68-54(85)45(29-88-58(3,4)5)73-50(81)41(23-32-14-16-35(77)17-15-32)69-53(84)44(28-76)72-51(82)42(24-33-26-64-37-11-7-6-10-36(33)37)70-52(83)43(25-34-27-62-30-65-34)71-48(79)38-18-19-47(78)66-38/h6-7,10-11,14-17,26-27,30-31,38-46,64,76-77H,8-9,12-13,18-25,28-29,61H2,1-5H3,(H,62,65)(H,66,78)(H,67,80)(H,68,85)(H,69,84)(H,70,83)(H,71,79)(H,72,82)(H,73,81)(H,74,86)(H4,59,60,63)/t38-,39+,40+,41+,42+,43+,44+,45-,46+/m1/s1. The number of hydrazine groups is 1. The van der Waals surface area contributed by atoms with Crippen LogP contribution in [0.2, 0.25) is 0 Å². The molecule has 30 nitrogen and oxygen atoms in total. The first-order chi connectivity index (χ1) is 41.8. The van der Waals surface area contributed by atoms with Gasteiger partial charge in [-0.3, -0.25) is 58.4 Å². The predicted molar refractivity (Wildman–Crippen MR) is 320 cm³/mol. The molecule has 6 rings (SSSR count). The molecule has 2 aromatic heterocycles. The van der Waals surface area contributed by atoms with Crippen molar-refractivity contribution in [2.24, 2.45) is 28.2 Å². The fourth-order valence-electron chi connectivity index (χ4n) is 10.1. The third-order valence-corrected chi connectivity index (χ3v) is 14.7. The highest BCUT2D eigenvalue weighted by Crippen LogP contribution is 2.22. The molecule has 0 spiro atoms. The van der Waals surface area contributed by atoms with Crippen molar-refractivity contribution in [2.45, 2.75) is 159 Å². The number of aromatic nitrogens is 3. The summed E-state index contributed by atoms with van der Waals surface area (Å²) in [5, 5.41) is 42.8. The van der Waals surface area contributed by atoms with Crippen molar-refractivity contribution in [3.63, 3.8) is 0 Å². The Labute approximate surface area is 508 Å². The lowest BCUT2D eigenvalue weighted by molar-refractivity contribution is -0.142. The number of carbonyl (C=O) groups is 10. The highest BCUT2D eigenvalue weighted by molar-refractivity contribution is 5.99. The predicted octanol–water partition coefficient (Wildman–Crippen LogP) is -2.82. The number of carbonyl (C=O) groups excluding carboxylic acids is 10. The lowest BCUT2D eigenvalue weighted by Gasteiger charge is -2.31. The first-order valence-corrected chi connectivity index (χ1v) is 29.2. The number of guanidine groups is 1. The van der Waals surface area contributed by atoms with E-state index in [1.165, 1.54) is 41.7 Å². The number of aromatic amines is 2. The van der Waals surface area contributed by atoms with Gasteiger partial charge in [0.15, 0.2) is 5.96 Å². The molecule has 0 bridgehead atoms. The molecular formula is C58H83N17O13. The van der Waals surface area contributed by atoms with Crippen LogP contribution in [0.5, 0.6) is 5.75 Å². The van der Waals surface area contributed by atoms with E-state index in [0.29, 0.717) is 40.6 Å². The zero-order valence-electron chi connectivity index (χ0n) is 50.0. The molecule has 0 unspecified atom stereocenters. The second-order valence-corrected chi connectivity index (χ2v) is 23.2. The van der Waals surface area contributed by atoms with Crippen LogP contribution in [0, 0.1) is 5.92 Å². The number of rotatable bonds is 31. The van der Waals surface area contributed by atoms with Crippen LogP contribution in [-0.4, -0.2) is 181 Å². The van der Waals surface area contributed by atoms with Gasteiger partial charge in [0, 0.05) is 67.8 Å². The lowest BCUT2D eigenvalue weighted by atomic mass is 10.0. The van der Waals surface area contributed by atoms with E-state index >= 15 is 0 Å². The molecule has 2 saturated heterocycles. The number of ether oxygens (including phenoxy) is 1. The van der Waals surface area contributed by atoms with Gasteiger partial charge in [-0.25, -0.2) is 10.8 Å². The van der Waals surface area contributed by atoms with Gasteiger partial charge in [-0.2, -0.15) is 0 Å². The number of likely N-dealkylation sites (tertiary alicyclic amines) is 1. The summed E-state index contributed by atoms with van der Waals surface area (Å²) in [6.07, 6.45) is 5.31. The second-order valence-electron chi connectivity index (χ2n) is 23.2. The van der Waals surface area contributed by atoms with E-state index < -0.39 is 126 Å². The fourth-order valence-corrected chi connectivity index (χ4v) is 10.1. The molecule has 10 amide bonds. The Bertz CT molecular complexity index is 3110. The number of phenols is 1. The largest absolute Gasteiger partial charge is 0.508 e. The number of imidazole rings is 1. The number of aliphatic imine (C=N–C) groups is 1. The summed E-state index contributed by atoms with van der Waals surface area (Å²) >= 11 is 0. The molecule has 0 saturated carbocycles. The number of hydrogen-bond acceptors (Lipinski definition) is 16. The fraction of sp³-hybridized carbons (Fsp3) is 0.517. The Balaban J connectivity index is 1.24. The summed E-state index contributed by atoms with van der Waals surface area (Å²) in [6.45, 7) is 7.53. The molecule has 88 heavy (non-hydrogen) atoms. The van der Waals surface area contributed by atoms with Gasteiger partial charge < -0.3 is 83.8 Å². The number of nitrogens with one attached hydrogen (secondary N) is 11. The van der Waals surface area contributed by atoms with Crippen molar-refractivity contribution in [1.82, 2.24) is 67.8 Å². The van der Waals surface area contributed by atoms with Crippen molar-refractivity contribution in [2.75, 3.05) is 26.3 Å². The molecule has 2 aliphatic heterocycles. The van der Waals surface area contributed by atoms with Gasteiger partial charge in [0.05, 0.1) is 25.1 Å². The van der Waals surface area contributed by atoms with Crippen molar-refractivity contribution < 1.29 is 62.9 Å². The van der Waals surface area contributed by atoms with Crippen molar-refractivity contribution in [3.05, 3.63) is 84.1 Å². The maximum Gasteiger partial charge on any atom is 0.256 e. The Morgan fingerprint density at radius 1 is 0.750 bits per heavy atom. The number of para-hydroxylation sites is 1. The molecule has 0 aliphatic carbocycles. The van der Waals surface area contributed by atoms with Gasteiger partial charge in [-0.05, 0) is 94.5 Å². The first kappa shape index (κ1) is 68.0. The van der Waals surface area contributed by atoms with Crippen molar-refractivity contribution in [1.29, 1.82) is 0 Å². The van der Waals surface area contributed by atoms with E-state index in [9.17, 15) is 58.2 Å². The van der Waals surface area contributed by atoms with Crippen molar-refractivity contribution >= 4 is 75.9 Å². The summed E-state index contributed by atoms with van der Waals surface area (Å²) < 4.78 is 6.03. The third-order valence-electron chi connectivity index (χ3n) is 14.7. The Morgan fingerprint density at radius 3 is 1.97 bits per heavy atom. The molecule has 30 heteroatoms. The number of benzene rings is 2. The summed E-state index contributed by atoms with van der Waals surface area (Å²) in [7, 11) is 0. The second kappa shape index (κ2) is 32.0. The van der Waals surface area contributed by atoms with Gasteiger partial charge in [-0.1, -0.05) is 44.2 Å². The minimum Gasteiger partial charge on any atom is -0.508 e.